The molecule has 8 heteroatoms. The van der Waals surface area contributed by atoms with E-state index in [9.17, 15) is 4.79 Å². The Morgan fingerprint density at radius 2 is 1.78 bits per heavy atom. The highest BCUT2D eigenvalue weighted by atomic mass is 127. The summed E-state index contributed by atoms with van der Waals surface area (Å²) in [6.45, 7) is 5.33. The van der Waals surface area contributed by atoms with E-state index in [1.807, 2.05) is 68.4 Å². The second-order valence-corrected chi connectivity index (χ2v) is 7.76. The molecular formula is C24H33IN4O3. The third kappa shape index (κ3) is 10.2. The number of amides is 1. The van der Waals surface area contributed by atoms with Crippen LogP contribution >= 0.6 is 24.0 Å². The first-order valence-corrected chi connectivity index (χ1v) is 10.9. The molecule has 1 fully saturated rings. The number of benzene rings is 2. The maximum atomic E-state index is 12.0. The van der Waals surface area contributed by atoms with Crippen molar-refractivity contribution in [3.05, 3.63) is 54.6 Å². The van der Waals surface area contributed by atoms with Crippen molar-refractivity contribution < 1.29 is 14.3 Å². The summed E-state index contributed by atoms with van der Waals surface area (Å²) in [6, 6.07) is 17.7. The Balaban J connectivity index is 0.00000363. The summed E-state index contributed by atoms with van der Waals surface area (Å²) < 4.78 is 11.4. The first-order valence-electron chi connectivity index (χ1n) is 10.9. The molecule has 0 unspecified atom stereocenters. The molecular weight excluding hydrogens is 519 g/mol. The molecule has 3 N–H and O–H groups in total. The molecule has 0 atom stereocenters. The Labute approximate surface area is 207 Å². The molecule has 1 aliphatic carbocycles. The monoisotopic (exact) mass is 552 g/mol. The second kappa shape index (κ2) is 13.8. The standard InChI is InChI=1S/C24H32N4O3.HI/c1-18(2)31-22-13-11-20(12-14-22)28-24(26-17-23(29)27-19-9-10-19)25-15-6-16-30-21-7-4-3-5-8-21;/h3-5,7-8,11-14,18-19H,6,9-10,15-17H2,1-2H3,(H,27,29)(H2,25,26,28);1H. The summed E-state index contributed by atoms with van der Waals surface area (Å²) in [7, 11) is 0. The van der Waals surface area contributed by atoms with Gasteiger partial charge in [0.15, 0.2) is 5.96 Å². The minimum absolute atomic E-state index is 0. The molecule has 1 saturated carbocycles. The zero-order chi connectivity index (χ0) is 21.9. The van der Waals surface area contributed by atoms with Gasteiger partial charge in [0.2, 0.25) is 5.91 Å². The molecule has 0 aliphatic heterocycles. The molecule has 0 aromatic heterocycles. The zero-order valence-corrected chi connectivity index (χ0v) is 21.0. The van der Waals surface area contributed by atoms with Crippen LogP contribution in [0.1, 0.15) is 33.1 Å². The van der Waals surface area contributed by atoms with E-state index in [1.165, 1.54) is 0 Å². The molecule has 0 heterocycles. The lowest BCUT2D eigenvalue weighted by molar-refractivity contribution is -0.119. The van der Waals surface area contributed by atoms with Crippen LogP contribution in [-0.4, -0.2) is 43.7 Å². The summed E-state index contributed by atoms with van der Waals surface area (Å²) in [5.41, 5.74) is 0.866. The first-order chi connectivity index (χ1) is 15.1. The number of anilines is 1. The third-order valence-electron chi connectivity index (χ3n) is 4.44. The molecule has 7 nitrogen and oxygen atoms in total. The summed E-state index contributed by atoms with van der Waals surface area (Å²) in [4.78, 5) is 16.5. The van der Waals surface area contributed by atoms with Crippen LogP contribution in [0.3, 0.4) is 0 Å². The van der Waals surface area contributed by atoms with Crippen molar-refractivity contribution in [1.29, 1.82) is 0 Å². The van der Waals surface area contributed by atoms with E-state index in [0.29, 0.717) is 25.2 Å². The van der Waals surface area contributed by atoms with E-state index in [0.717, 1.165) is 36.4 Å². The van der Waals surface area contributed by atoms with Crippen molar-refractivity contribution in [1.82, 2.24) is 10.6 Å². The Morgan fingerprint density at radius 1 is 1.06 bits per heavy atom. The van der Waals surface area contributed by atoms with Gasteiger partial charge >= 0.3 is 0 Å². The van der Waals surface area contributed by atoms with Gasteiger partial charge in [-0.2, -0.15) is 0 Å². The highest BCUT2D eigenvalue weighted by Gasteiger charge is 2.22. The van der Waals surface area contributed by atoms with Crippen molar-refractivity contribution in [3.8, 4) is 11.5 Å². The van der Waals surface area contributed by atoms with Crippen LogP contribution in [0.25, 0.3) is 0 Å². The summed E-state index contributed by atoms with van der Waals surface area (Å²) in [5.74, 6) is 2.17. The predicted molar refractivity (Wildman–Crippen MR) is 139 cm³/mol. The van der Waals surface area contributed by atoms with Crippen molar-refractivity contribution in [2.24, 2.45) is 4.99 Å². The van der Waals surface area contributed by atoms with Crippen LogP contribution in [0.5, 0.6) is 11.5 Å². The van der Waals surface area contributed by atoms with Gasteiger partial charge in [0.05, 0.1) is 12.7 Å². The van der Waals surface area contributed by atoms with Gasteiger partial charge in [-0.05, 0) is 69.5 Å². The number of carbonyl (C=O) groups is 1. The zero-order valence-electron chi connectivity index (χ0n) is 18.7. The number of aliphatic imine (C=N–C) groups is 1. The summed E-state index contributed by atoms with van der Waals surface area (Å²) in [5, 5.41) is 9.48. The van der Waals surface area contributed by atoms with Gasteiger partial charge < -0.3 is 25.4 Å². The number of guanidine groups is 1. The van der Waals surface area contributed by atoms with Crippen molar-refractivity contribution in [2.75, 3.05) is 25.0 Å². The Hall–Kier alpha value is -2.49. The van der Waals surface area contributed by atoms with Crippen molar-refractivity contribution in [2.45, 2.75) is 45.3 Å². The molecule has 174 valence electrons. The molecule has 1 amide bonds. The second-order valence-electron chi connectivity index (χ2n) is 7.76. The molecule has 0 spiro atoms. The maximum Gasteiger partial charge on any atom is 0.242 e. The Morgan fingerprint density at radius 3 is 2.44 bits per heavy atom. The number of nitrogens with zero attached hydrogens (tertiary/aromatic N) is 1. The van der Waals surface area contributed by atoms with Gasteiger partial charge in [-0.3, -0.25) is 4.79 Å². The van der Waals surface area contributed by atoms with Gasteiger partial charge in [-0.15, -0.1) is 24.0 Å². The molecule has 0 bridgehead atoms. The fourth-order valence-corrected chi connectivity index (χ4v) is 2.80. The number of hydrogen-bond acceptors (Lipinski definition) is 4. The Kier molecular flexibility index (Phi) is 11.1. The van der Waals surface area contributed by atoms with Crippen LogP contribution in [0.4, 0.5) is 5.69 Å². The highest BCUT2D eigenvalue weighted by Crippen LogP contribution is 2.18. The average molecular weight is 552 g/mol. The molecule has 0 radical (unpaired) electrons. The lowest BCUT2D eigenvalue weighted by Gasteiger charge is -2.14. The van der Waals surface area contributed by atoms with Crippen LogP contribution in [0.15, 0.2) is 59.6 Å². The van der Waals surface area contributed by atoms with E-state index in [-0.39, 0.29) is 42.5 Å². The van der Waals surface area contributed by atoms with E-state index >= 15 is 0 Å². The van der Waals surface area contributed by atoms with E-state index in [2.05, 4.69) is 20.9 Å². The third-order valence-corrected chi connectivity index (χ3v) is 4.44. The minimum Gasteiger partial charge on any atom is -0.494 e. The SMILES string of the molecule is CC(C)Oc1ccc(NC(=NCC(=O)NC2CC2)NCCCOc2ccccc2)cc1.I. The van der Waals surface area contributed by atoms with Crippen LogP contribution in [-0.2, 0) is 4.79 Å². The van der Waals surface area contributed by atoms with Gasteiger partial charge in [0.1, 0.15) is 18.0 Å². The molecule has 32 heavy (non-hydrogen) atoms. The maximum absolute atomic E-state index is 12.0. The number of ether oxygens (including phenoxy) is 2. The van der Waals surface area contributed by atoms with Crippen molar-refractivity contribution in [3.63, 3.8) is 0 Å². The topological polar surface area (TPSA) is 84.0 Å². The predicted octanol–water partition coefficient (Wildman–Crippen LogP) is 4.20. The molecule has 2 aromatic rings. The molecule has 2 aromatic carbocycles. The van der Waals surface area contributed by atoms with Gasteiger partial charge in [-0.25, -0.2) is 4.99 Å². The van der Waals surface area contributed by atoms with Gasteiger partial charge in [-0.1, -0.05) is 18.2 Å². The summed E-state index contributed by atoms with van der Waals surface area (Å²) in [6.07, 6.45) is 3.04. The fourth-order valence-electron chi connectivity index (χ4n) is 2.80. The van der Waals surface area contributed by atoms with E-state index in [4.69, 9.17) is 9.47 Å². The number of carbonyl (C=O) groups excluding carboxylic acids is 1. The van der Waals surface area contributed by atoms with Crippen LogP contribution in [0, 0.1) is 0 Å². The molecule has 3 rings (SSSR count). The van der Waals surface area contributed by atoms with Gasteiger partial charge in [0, 0.05) is 18.3 Å². The molecule has 1 aliphatic rings. The Bertz CT molecular complexity index is 840. The lowest BCUT2D eigenvalue weighted by Crippen LogP contribution is -2.34. The normalized spacial score (nSPS) is 13.2. The highest BCUT2D eigenvalue weighted by molar-refractivity contribution is 14.0. The van der Waals surface area contributed by atoms with Crippen LogP contribution in [0.2, 0.25) is 0 Å². The minimum atomic E-state index is -0.0586. The number of rotatable bonds is 11. The van der Waals surface area contributed by atoms with Crippen LogP contribution < -0.4 is 25.4 Å². The van der Waals surface area contributed by atoms with Crippen molar-refractivity contribution >= 4 is 41.5 Å². The number of nitrogens with one attached hydrogen (secondary N) is 3. The smallest absolute Gasteiger partial charge is 0.242 e. The summed E-state index contributed by atoms with van der Waals surface area (Å²) >= 11 is 0. The van der Waals surface area contributed by atoms with E-state index < -0.39 is 0 Å². The van der Waals surface area contributed by atoms with Gasteiger partial charge in [0.25, 0.3) is 0 Å². The largest absolute Gasteiger partial charge is 0.494 e. The first kappa shape index (κ1) is 25.8. The number of hydrogen-bond donors (Lipinski definition) is 3. The fraction of sp³-hybridized carbons (Fsp3) is 0.417. The quantitative estimate of drug-likeness (QED) is 0.169. The molecule has 0 saturated heterocycles. The number of para-hydroxylation sites is 1. The van der Waals surface area contributed by atoms with E-state index in [1.54, 1.807) is 0 Å². The number of halogens is 1. The average Bonchev–Trinajstić information content (AvgIpc) is 3.57. The lowest BCUT2D eigenvalue weighted by atomic mass is 10.3.